The molecule has 0 fully saturated rings. The van der Waals surface area contributed by atoms with Crippen LogP contribution in [0.2, 0.25) is 0 Å². The zero-order valence-electron chi connectivity index (χ0n) is 92.3. The van der Waals surface area contributed by atoms with Gasteiger partial charge in [0.15, 0.2) is 23.0 Å². The highest BCUT2D eigenvalue weighted by Gasteiger charge is 2.60. The van der Waals surface area contributed by atoms with Crippen LogP contribution >= 0.6 is 11.8 Å². The van der Waals surface area contributed by atoms with Crippen molar-refractivity contribution in [1.29, 1.82) is 0 Å². The zero-order valence-corrected chi connectivity index (χ0v) is 93.2. The predicted molar refractivity (Wildman–Crippen MR) is 578 cm³/mol. The number of alkyl halides is 5. The second kappa shape index (κ2) is 44.8. The highest BCUT2D eigenvalue weighted by molar-refractivity contribution is 8.00. The summed E-state index contributed by atoms with van der Waals surface area (Å²) < 4.78 is 100. The SMILES string of the molecule is CC(C)(C)OC(=O)N1CCc2c(cccc2C(C)(C)C)C1.CC(C)(C)c1cc2c(cc1O)CCCC2.CC(C)(C)c1ccc2c(c1)C(O)CCC2.CC(C)(C)c1ccc2c(c1)CCCC2.CC(C)(C)c1ccc2c(c1)NC(=O)CS2.CC(C)(C)c1ccc2c(c1)NCCO2.CC(C)(C)c1ccc2c(c1)OC(F)(F)C(C)(F)O2.CC(C)(C)c1ccc2c(c1)OC(F)(F)O2.CC(C)(C)c1ccc2c(c1)OCCC2(C)C. The minimum atomic E-state index is -4.00. The van der Waals surface area contributed by atoms with E-state index in [9.17, 15) is 41.8 Å². The molecule has 2 atom stereocenters. The summed E-state index contributed by atoms with van der Waals surface area (Å²) in [5.41, 5.74) is 26.2. The van der Waals surface area contributed by atoms with Gasteiger partial charge in [-0.3, -0.25) is 4.79 Å². The van der Waals surface area contributed by atoms with Crippen LogP contribution in [0.3, 0.4) is 0 Å². The van der Waals surface area contributed by atoms with Crippen LogP contribution in [0.25, 0.3) is 0 Å². The average Bonchev–Trinajstić information content (AvgIpc) is 1.27. The van der Waals surface area contributed by atoms with Crippen molar-refractivity contribution in [3.8, 4) is 40.2 Å². The maximum absolute atomic E-state index is 13.6. The smallest absolute Gasteiger partial charge is 0.508 e. The monoisotopic (exact) mass is 1990 g/mol. The van der Waals surface area contributed by atoms with Crippen LogP contribution in [0, 0.1) is 0 Å². The number of nitrogens with zero attached hydrogens (tertiary/aromatic N) is 1. The Morgan fingerprint density at radius 3 is 1.41 bits per heavy atom. The quantitative estimate of drug-likeness (QED) is 0.106. The number of phenols is 1. The number of aromatic hydroxyl groups is 1. The number of benzene rings is 9. The molecule has 18 rings (SSSR count). The van der Waals surface area contributed by atoms with E-state index in [2.05, 4.69) is 304 Å². The van der Waals surface area contributed by atoms with E-state index in [1.54, 1.807) is 46.0 Å². The summed E-state index contributed by atoms with van der Waals surface area (Å²) in [6, 6.07) is 53.2. The number of carbonyl (C=O) groups excluding carboxylic acids is 2. The number of hydrogen-bond acceptors (Lipinski definition) is 13. The van der Waals surface area contributed by atoms with Gasteiger partial charge in [-0.25, -0.2) is 4.79 Å². The van der Waals surface area contributed by atoms with Gasteiger partial charge in [-0.05, 0) is 319 Å². The minimum absolute atomic E-state index is 0.0149. The van der Waals surface area contributed by atoms with Gasteiger partial charge in [-0.1, -0.05) is 298 Å². The van der Waals surface area contributed by atoms with Crippen molar-refractivity contribution in [2.75, 3.05) is 42.7 Å². The van der Waals surface area contributed by atoms with E-state index in [0.29, 0.717) is 30.4 Å². The summed E-state index contributed by atoms with van der Waals surface area (Å²) in [6.45, 7) is 73.2. The van der Waals surface area contributed by atoms with E-state index < -0.39 is 23.9 Å². The number of aliphatic hydroxyl groups is 1. The minimum Gasteiger partial charge on any atom is -0.508 e. The molecule has 9 aromatic carbocycles. The average molecular weight is 1990 g/mol. The Morgan fingerprint density at radius 1 is 0.427 bits per heavy atom. The molecule has 6 heterocycles. The number of rotatable bonds is 0. The number of nitrogens with one attached hydrogen (secondary N) is 2. The van der Waals surface area contributed by atoms with Crippen LogP contribution in [0.4, 0.5) is 38.1 Å². The van der Waals surface area contributed by atoms with Gasteiger partial charge in [0.25, 0.3) is 0 Å². The number of ether oxygens (including phenoxy) is 7. The molecule has 0 saturated carbocycles. The van der Waals surface area contributed by atoms with E-state index in [1.807, 2.05) is 68.4 Å². The molecule has 6 aliphatic heterocycles. The summed E-state index contributed by atoms with van der Waals surface area (Å²) >= 11 is 1.60. The Balaban J connectivity index is 0.000000166. The second-order valence-electron chi connectivity index (χ2n) is 50.6. The molecule has 0 bridgehead atoms. The summed E-state index contributed by atoms with van der Waals surface area (Å²) in [5, 5.41) is 26.2. The fraction of sp³-hybridized carbons (Fsp3) is 0.545. The van der Waals surface area contributed by atoms with Crippen LogP contribution in [-0.4, -0.2) is 83.0 Å². The number of fused-ring (bicyclic) bond motifs is 9. The van der Waals surface area contributed by atoms with Gasteiger partial charge in [-0.15, -0.1) is 20.5 Å². The number of anilines is 2. The molecule has 9 aliphatic rings. The third kappa shape index (κ3) is 31.8. The third-order valence-electron chi connectivity index (χ3n) is 27.2. The van der Waals surface area contributed by atoms with Crippen molar-refractivity contribution < 1.29 is 74.9 Å². The molecule has 14 nitrogen and oxygen atoms in total. The van der Waals surface area contributed by atoms with Gasteiger partial charge in [0.1, 0.15) is 29.5 Å². The molecule has 0 radical (unpaired) electrons. The van der Waals surface area contributed by atoms with Crippen molar-refractivity contribution in [1.82, 2.24) is 4.90 Å². The van der Waals surface area contributed by atoms with Crippen molar-refractivity contribution >= 4 is 35.1 Å². The predicted octanol–water partition coefficient (Wildman–Crippen LogP) is 32.3. The number of halogens is 5. The van der Waals surface area contributed by atoms with Gasteiger partial charge >= 0.3 is 24.4 Å². The molecule has 0 spiro atoms. The van der Waals surface area contributed by atoms with E-state index in [1.165, 1.54) is 135 Å². The number of phenolic OH excluding ortho intramolecular Hbond substituents is 1. The van der Waals surface area contributed by atoms with Crippen LogP contribution < -0.4 is 39.1 Å². The fourth-order valence-electron chi connectivity index (χ4n) is 18.0. The standard InChI is InChI=1S/C18H27NO2.C15H22O.2C14H20O.C14H20.C13H15F3O2.C12H15NOS.C12H17NO.C11H12F2O2/c1-17(2,3)15-9-7-8-13-12-19(11-10-14(13)15)16(20)21-18(4,5)6;1-14(2,3)11-6-7-12-13(10-11)16-9-8-15(12,4)5;1-14(2,3)11-8-7-10-5-4-6-13(15)12(10)9-11;1-14(2,3)12-8-10-6-4-5-7-11(10)9-13(12)15;1-14(2,3)13-9-8-11-6-4-5-7-12(11)10-13;1-11(2,3)8-5-6-9-10(7-8)18-13(15,16)12(4,14)17-9;1-12(2,3)8-4-5-10-9(6-8)13-11(14)7-15-10;1-12(2,3)9-4-5-11-10(8-9)13-6-7-14-11;1-10(2,3)7-4-5-8-9(6-7)15-11(12,13)14-8/h7-9H,10-12H2,1-6H3;6-7,10H,8-9H2,1-5H3;7-9,13,15H,4-6H2,1-3H3;8-9,15H,4-7H2,1-3H3;8-10H,4-7H2,1-3H3;5-7H,1-4H3;4-6H,7H2,1-3H3,(H,13,14);4-5,8,13H,6-7H2,1-3H3;4-6H,1-3H3. The first-order valence-corrected chi connectivity index (χ1v) is 52.5. The van der Waals surface area contributed by atoms with Crippen molar-refractivity contribution in [2.45, 2.75) is 408 Å². The van der Waals surface area contributed by atoms with Gasteiger partial charge in [0.05, 0.1) is 29.8 Å². The zero-order chi connectivity index (χ0) is 106. The maximum Gasteiger partial charge on any atom is 0.586 e. The molecule has 2 amide bonds. The van der Waals surface area contributed by atoms with Crippen molar-refractivity contribution in [2.24, 2.45) is 0 Å². The van der Waals surface area contributed by atoms with Gasteiger partial charge in [0, 0.05) is 31.5 Å². The molecule has 20 heteroatoms. The topological polar surface area (TPSA) is 167 Å². The molecule has 143 heavy (non-hydrogen) atoms. The molecular formula is C123H168F5N3O11S. The summed E-state index contributed by atoms with van der Waals surface area (Å²) in [6.07, 6.45) is 7.38. The number of carbonyl (C=O) groups is 2. The lowest BCUT2D eigenvalue weighted by atomic mass is 9.77. The molecule has 4 N–H and O–H groups in total. The molecule has 782 valence electrons. The summed E-state index contributed by atoms with van der Waals surface area (Å²) in [5.74, 6) is 0.0435. The number of thioether (sulfide) groups is 1. The van der Waals surface area contributed by atoms with Crippen LogP contribution in [0.15, 0.2) is 163 Å². The molecule has 0 saturated heterocycles. The van der Waals surface area contributed by atoms with Crippen LogP contribution in [-0.2, 0) is 109 Å². The van der Waals surface area contributed by atoms with E-state index >= 15 is 0 Å². The lowest BCUT2D eigenvalue weighted by Crippen LogP contribution is -2.53. The lowest BCUT2D eigenvalue weighted by molar-refractivity contribution is -0.332. The van der Waals surface area contributed by atoms with Gasteiger partial charge < -0.3 is 58.9 Å². The Morgan fingerprint density at radius 2 is 0.867 bits per heavy atom. The molecule has 3 aliphatic carbocycles. The highest BCUT2D eigenvalue weighted by Crippen LogP contribution is 2.50. The van der Waals surface area contributed by atoms with Crippen molar-refractivity contribution in [3.63, 3.8) is 0 Å². The number of amides is 2. The second-order valence-corrected chi connectivity index (χ2v) is 51.6. The number of aryl methyl sites for hydroxylation is 5. The number of aliphatic hydroxyl groups excluding tert-OH is 1. The van der Waals surface area contributed by atoms with Gasteiger partial charge in [-0.2, -0.15) is 13.2 Å². The summed E-state index contributed by atoms with van der Waals surface area (Å²) in [4.78, 5) is 26.4. The first-order chi connectivity index (χ1) is 65.8. The number of hydrogen-bond donors (Lipinski definition) is 4. The normalized spacial score (nSPS) is 18.2. The fourth-order valence-corrected chi connectivity index (χ4v) is 18.8. The van der Waals surface area contributed by atoms with Crippen molar-refractivity contribution in [3.05, 3.63) is 258 Å². The molecule has 2 unspecified atom stereocenters. The molecule has 0 aromatic heterocycles. The Labute approximate surface area is 858 Å². The van der Waals surface area contributed by atoms with Gasteiger partial charge in [0.2, 0.25) is 5.91 Å². The largest absolute Gasteiger partial charge is 0.586 e. The first kappa shape index (κ1) is 115. The first-order valence-electron chi connectivity index (χ1n) is 51.5. The Bertz CT molecular complexity index is 5810. The molecular weight excluding hydrogens is 1820 g/mol. The molecule has 9 aromatic rings. The Hall–Kier alpha value is -9.92. The lowest BCUT2D eigenvalue weighted by Gasteiger charge is -2.36. The van der Waals surface area contributed by atoms with Crippen LogP contribution in [0.1, 0.15) is 380 Å². The highest BCUT2D eigenvalue weighted by atomic mass is 32.2. The summed E-state index contributed by atoms with van der Waals surface area (Å²) in [7, 11) is 0. The van der Waals surface area contributed by atoms with E-state index in [0.717, 1.165) is 110 Å². The third-order valence-corrected chi connectivity index (χ3v) is 28.3. The van der Waals surface area contributed by atoms with E-state index in [4.69, 9.17) is 14.2 Å². The van der Waals surface area contributed by atoms with Crippen LogP contribution in [0.5, 0.6) is 40.2 Å². The maximum atomic E-state index is 13.6. The van der Waals surface area contributed by atoms with E-state index in [-0.39, 0.29) is 89.8 Å². The Kier molecular flexibility index (Phi) is 36.0.